The van der Waals surface area contributed by atoms with Gasteiger partial charge in [-0.3, -0.25) is 9.78 Å². The van der Waals surface area contributed by atoms with Crippen LogP contribution in [0.3, 0.4) is 0 Å². The van der Waals surface area contributed by atoms with Crippen LogP contribution >= 0.6 is 0 Å². The number of hydrogen-bond donors (Lipinski definition) is 3. The number of nitrogens with zero attached hydrogens (tertiary/aromatic N) is 2. The zero-order chi connectivity index (χ0) is 19.7. The Bertz CT molecular complexity index is 883. The number of carboxylic acids is 1. The largest absolute Gasteiger partial charge is 0.490 e. The van der Waals surface area contributed by atoms with Crippen LogP contribution in [-0.2, 0) is 4.79 Å². The third-order valence-electron chi connectivity index (χ3n) is 4.97. The maximum Gasteiger partial charge on any atom is 0.490 e. The fraction of sp³-hybridized carbons (Fsp3) is 0.471. The Balaban J connectivity index is 0.000000260. The minimum atomic E-state index is -5.08. The maximum absolute atomic E-state index is 12.1. The first-order valence-electron chi connectivity index (χ1n) is 8.45. The molecule has 2 saturated heterocycles. The molecule has 1 aromatic heterocycles. The van der Waals surface area contributed by atoms with Crippen molar-refractivity contribution in [3.8, 4) is 0 Å². The molecule has 1 spiro atoms. The average Bonchev–Trinajstić information content (AvgIpc) is 2.60. The summed E-state index contributed by atoms with van der Waals surface area (Å²) in [5.74, 6) is -2.04. The molecule has 2 aromatic rings. The summed E-state index contributed by atoms with van der Waals surface area (Å²) in [5, 5.41) is 11.2. The van der Waals surface area contributed by atoms with E-state index in [0.717, 1.165) is 37.6 Å². The van der Waals surface area contributed by atoms with Gasteiger partial charge in [0.2, 0.25) is 5.95 Å². The van der Waals surface area contributed by atoms with Crippen LogP contribution < -0.4 is 15.8 Å². The topological polar surface area (TPSA) is 98.3 Å². The highest BCUT2D eigenvalue weighted by Crippen LogP contribution is 2.35. The van der Waals surface area contributed by atoms with Crippen molar-refractivity contribution in [2.75, 3.05) is 31.1 Å². The Morgan fingerprint density at radius 2 is 1.78 bits per heavy atom. The molecule has 2 aliphatic rings. The van der Waals surface area contributed by atoms with Crippen LogP contribution in [0.2, 0.25) is 0 Å². The van der Waals surface area contributed by atoms with Gasteiger partial charge in [-0.25, -0.2) is 9.78 Å². The zero-order valence-corrected chi connectivity index (χ0v) is 14.3. The number of carboxylic acid groups (broad SMARTS) is 1. The number of benzene rings is 1. The summed E-state index contributed by atoms with van der Waals surface area (Å²) < 4.78 is 31.7. The highest BCUT2D eigenvalue weighted by molar-refractivity contribution is 5.78. The number of carbonyl (C=O) groups is 1. The SMILES string of the molecule is O=C(O)C(F)(F)F.O=c1[nH]c(N2CCC3(CC2)CNC3)nc2ccccc12. The van der Waals surface area contributed by atoms with Gasteiger partial charge in [0, 0.05) is 26.2 Å². The van der Waals surface area contributed by atoms with Crippen molar-refractivity contribution in [2.45, 2.75) is 19.0 Å². The van der Waals surface area contributed by atoms with E-state index in [2.05, 4.69) is 20.2 Å². The second kappa shape index (κ2) is 7.18. The molecule has 146 valence electrons. The number of nitrogens with one attached hydrogen (secondary N) is 2. The molecule has 0 atom stereocenters. The Morgan fingerprint density at radius 3 is 2.30 bits per heavy atom. The predicted octanol–water partition coefficient (Wildman–Crippen LogP) is 1.75. The molecule has 10 heteroatoms. The molecule has 0 amide bonds. The van der Waals surface area contributed by atoms with Crippen molar-refractivity contribution in [2.24, 2.45) is 5.41 Å². The molecule has 0 radical (unpaired) electrons. The van der Waals surface area contributed by atoms with Crippen molar-refractivity contribution in [3.63, 3.8) is 0 Å². The van der Waals surface area contributed by atoms with Crippen LogP contribution in [0.4, 0.5) is 19.1 Å². The van der Waals surface area contributed by atoms with Gasteiger partial charge in [-0.05, 0) is 30.4 Å². The second-order valence-corrected chi connectivity index (χ2v) is 6.80. The first-order valence-corrected chi connectivity index (χ1v) is 8.45. The number of fused-ring (bicyclic) bond motifs is 1. The quantitative estimate of drug-likeness (QED) is 0.693. The number of para-hydroxylation sites is 1. The molecule has 7 nitrogen and oxygen atoms in total. The van der Waals surface area contributed by atoms with E-state index >= 15 is 0 Å². The summed E-state index contributed by atoms with van der Waals surface area (Å²) in [5.41, 5.74) is 1.24. The van der Waals surface area contributed by atoms with Crippen LogP contribution in [0.1, 0.15) is 12.8 Å². The zero-order valence-electron chi connectivity index (χ0n) is 14.3. The van der Waals surface area contributed by atoms with Crippen molar-refractivity contribution in [3.05, 3.63) is 34.6 Å². The monoisotopic (exact) mass is 384 g/mol. The number of H-pyrrole nitrogens is 1. The molecule has 0 saturated carbocycles. The lowest BCUT2D eigenvalue weighted by atomic mass is 9.73. The van der Waals surface area contributed by atoms with Crippen LogP contribution in [0, 0.1) is 5.41 Å². The molecule has 0 aliphatic carbocycles. The lowest BCUT2D eigenvalue weighted by Crippen LogP contribution is -2.58. The molecular weight excluding hydrogens is 365 g/mol. The van der Waals surface area contributed by atoms with Crippen molar-refractivity contribution in [1.29, 1.82) is 0 Å². The molecule has 2 aliphatic heterocycles. The van der Waals surface area contributed by atoms with E-state index in [1.54, 1.807) is 0 Å². The first-order chi connectivity index (χ1) is 12.7. The molecule has 3 N–H and O–H groups in total. The minimum absolute atomic E-state index is 0.0452. The molecule has 0 bridgehead atoms. The van der Waals surface area contributed by atoms with E-state index in [9.17, 15) is 18.0 Å². The second-order valence-electron chi connectivity index (χ2n) is 6.80. The number of aromatic amines is 1. The van der Waals surface area contributed by atoms with Crippen molar-refractivity contribution in [1.82, 2.24) is 15.3 Å². The predicted molar refractivity (Wildman–Crippen MR) is 92.8 cm³/mol. The average molecular weight is 384 g/mol. The Morgan fingerprint density at radius 1 is 1.19 bits per heavy atom. The van der Waals surface area contributed by atoms with Crippen LogP contribution in [0.25, 0.3) is 10.9 Å². The fourth-order valence-corrected chi connectivity index (χ4v) is 3.25. The van der Waals surface area contributed by atoms with E-state index in [-0.39, 0.29) is 5.56 Å². The third-order valence-corrected chi connectivity index (χ3v) is 4.97. The molecule has 1 aromatic carbocycles. The van der Waals surface area contributed by atoms with E-state index in [0.29, 0.717) is 10.8 Å². The number of hydrogen-bond acceptors (Lipinski definition) is 5. The summed E-state index contributed by atoms with van der Waals surface area (Å²) in [7, 11) is 0. The maximum atomic E-state index is 12.1. The molecule has 0 unspecified atom stereocenters. The van der Waals surface area contributed by atoms with Gasteiger partial charge in [-0.15, -0.1) is 0 Å². The van der Waals surface area contributed by atoms with E-state index < -0.39 is 12.1 Å². The van der Waals surface area contributed by atoms with Crippen molar-refractivity contribution < 1.29 is 23.1 Å². The van der Waals surface area contributed by atoms with Gasteiger partial charge in [-0.1, -0.05) is 12.1 Å². The van der Waals surface area contributed by atoms with Gasteiger partial charge in [0.05, 0.1) is 10.9 Å². The summed E-state index contributed by atoms with van der Waals surface area (Å²) in [6.07, 6.45) is -2.73. The molecule has 4 rings (SSSR count). The number of halogens is 3. The van der Waals surface area contributed by atoms with E-state index in [1.165, 1.54) is 12.8 Å². The lowest BCUT2D eigenvalue weighted by Gasteiger charge is -2.48. The smallest absolute Gasteiger partial charge is 0.475 e. The third kappa shape index (κ3) is 4.21. The van der Waals surface area contributed by atoms with Gasteiger partial charge in [0.15, 0.2) is 0 Å². The van der Waals surface area contributed by atoms with Crippen LogP contribution in [0.15, 0.2) is 29.1 Å². The van der Waals surface area contributed by atoms with Gasteiger partial charge in [0.25, 0.3) is 5.56 Å². The molecule has 2 fully saturated rings. The number of aliphatic carboxylic acids is 1. The number of aromatic nitrogens is 2. The number of piperidine rings is 1. The summed E-state index contributed by atoms with van der Waals surface area (Å²) >= 11 is 0. The van der Waals surface area contributed by atoms with Gasteiger partial charge >= 0.3 is 12.1 Å². The minimum Gasteiger partial charge on any atom is -0.475 e. The van der Waals surface area contributed by atoms with Gasteiger partial charge < -0.3 is 15.3 Å². The van der Waals surface area contributed by atoms with Crippen LogP contribution in [-0.4, -0.2) is 53.4 Å². The van der Waals surface area contributed by atoms with Gasteiger partial charge in [0.1, 0.15) is 0 Å². The standard InChI is InChI=1S/C15H18N4O.C2HF3O2/c20-13-11-3-1-2-4-12(11)17-14(18-13)19-7-5-15(6-8-19)9-16-10-15;3-2(4,5)1(6)7/h1-4,16H,5-10H2,(H,17,18,20);(H,6,7). The fourth-order valence-electron chi connectivity index (χ4n) is 3.25. The number of anilines is 1. The van der Waals surface area contributed by atoms with Crippen LogP contribution in [0.5, 0.6) is 0 Å². The highest BCUT2D eigenvalue weighted by atomic mass is 19.4. The van der Waals surface area contributed by atoms with Crippen molar-refractivity contribution >= 4 is 22.8 Å². The Labute approximate surface area is 152 Å². The van der Waals surface area contributed by atoms with E-state index in [1.807, 2.05) is 24.3 Å². The van der Waals surface area contributed by atoms with E-state index in [4.69, 9.17) is 9.90 Å². The number of rotatable bonds is 1. The summed E-state index contributed by atoms with van der Waals surface area (Å²) in [6.45, 7) is 4.23. The summed E-state index contributed by atoms with van der Waals surface area (Å²) in [6, 6.07) is 7.50. The molecule has 27 heavy (non-hydrogen) atoms. The Hall–Kier alpha value is -2.62. The molecular formula is C17H19F3N4O3. The summed E-state index contributed by atoms with van der Waals surface area (Å²) in [4.78, 5) is 30.7. The normalized spacial score (nSPS) is 18.6. The molecule has 3 heterocycles. The Kier molecular flexibility index (Phi) is 5.09. The van der Waals surface area contributed by atoms with Gasteiger partial charge in [-0.2, -0.15) is 13.2 Å². The first kappa shape index (κ1) is 19.2. The highest BCUT2D eigenvalue weighted by Gasteiger charge is 2.40. The lowest BCUT2D eigenvalue weighted by molar-refractivity contribution is -0.192. The number of alkyl halides is 3.